The van der Waals surface area contributed by atoms with Gasteiger partial charge in [-0.15, -0.1) is 0 Å². The number of rotatable bonds is 10. The van der Waals surface area contributed by atoms with Gasteiger partial charge >= 0.3 is 0 Å². The van der Waals surface area contributed by atoms with Crippen molar-refractivity contribution < 1.29 is 9.47 Å². The summed E-state index contributed by atoms with van der Waals surface area (Å²) in [5.74, 6) is 1.48. The van der Waals surface area contributed by atoms with E-state index in [9.17, 15) is 0 Å². The van der Waals surface area contributed by atoms with Gasteiger partial charge < -0.3 is 15.2 Å². The second-order valence-electron chi connectivity index (χ2n) is 4.88. The van der Waals surface area contributed by atoms with Gasteiger partial charge in [-0.25, -0.2) is 0 Å². The zero-order valence-corrected chi connectivity index (χ0v) is 13.3. The second kappa shape index (κ2) is 9.59. The fraction of sp³-hybridized carbons (Fsp3) is 0.562. The molecule has 2 N–H and O–H groups in total. The van der Waals surface area contributed by atoms with Crippen molar-refractivity contribution in [3.8, 4) is 11.5 Å². The maximum absolute atomic E-state index is 5.75. The van der Waals surface area contributed by atoms with Crippen LogP contribution in [0.5, 0.6) is 11.5 Å². The molecule has 0 aliphatic rings. The molecule has 1 rings (SSSR count). The number of methoxy groups -OCH3 is 1. The highest BCUT2D eigenvalue weighted by Gasteiger charge is 2.04. The Morgan fingerprint density at radius 3 is 2.35 bits per heavy atom. The molecule has 0 fully saturated rings. The molecular weight excluding hydrogens is 270 g/mol. The molecule has 0 saturated carbocycles. The van der Waals surface area contributed by atoms with Crippen LogP contribution >= 0.6 is 12.2 Å². The lowest BCUT2D eigenvalue weighted by molar-refractivity contribution is 0.302. The number of benzene rings is 1. The first kappa shape index (κ1) is 16.8. The lowest BCUT2D eigenvalue weighted by Crippen LogP contribution is -2.10. The van der Waals surface area contributed by atoms with Crippen molar-refractivity contribution >= 4 is 17.2 Å². The van der Waals surface area contributed by atoms with Crippen LogP contribution in [0.25, 0.3) is 0 Å². The Labute approximate surface area is 127 Å². The van der Waals surface area contributed by atoms with E-state index in [2.05, 4.69) is 6.92 Å². The predicted octanol–water partition coefficient (Wildman–Crippen LogP) is 4.07. The third-order valence-corrected chi connectivity index (χ3v) is 3.40. The molecule has 3 nitrogen and oxygen atoms in total. The van der Waals surface area contributed by atoms with Crippen LogP contribution in [0.1, 0.15) is 51.0 Å². The molecule has 0 saturated heterocycles. The lowest BCUT2D eigenvalue weighted by atomic mass is 10.1. The van der Waals surface area contributed by atoms with Gasteiger partial charge in [0, 0.05) is 11.6 Å². The van der Waals surface area contributed by atoms with Crippen molar-refractivity contribution in [3.05, 3.63) is 23.8 Å². The van der Waals surface area contributed by atoms with Crippen LogP contribution in [-0.2, 0) is 0 Å². The SMILES string of the molecule is CCCCCCCCOc1cc(OC)cc(C(N)=S)c1. The minimum atomic E-state index is 0.355. The molecule has 0 aromatic heterocycles. The summed E-state index contributed by atoms with van der Waals surface area (Å²) in [6.07, 6.45) is 7.50. The first-order valence-electron chi connectivity index (χ1n) is 7.29. The van der Waals surface area contributed by atoms with E-state index in [4.69, 9.17) is 27.4 Å². The van der Waals surface area contributed by atoms with Gasteiger partial charge in [0.15, 0.2) is 0 Å². The maximum atomic E-state index is 5.75. The van der Waals surface area contributed by atoms with E-state index in [1.807, 2.05) is 18.2 Å². The number of hydrogen-bond acceptors (Lipinski definition) is 3. The molecule has 0 spiro atoms. The van der Waals surface area contributed by atoms with Crippen molar-refractivity contribution in [2.24, 2.45) is 5.73 Å². The van der Waals surface area contributed by atoms with Gasteiger partial charge in [-0.05, 0) is 18.6 Å². The normalized spacial score (nSPS) is 10.3. The first-order valence-corrected chi connectivity index (χ1v) is 7.70. The van der Waals surface area contributed by atoms with Crippen molar-refractivity contribution in [1.82, 2.24) is 0 Å². The molecule has 4 heteroatoms. The quantitative estimate of drug-likeness (QED) is 0.522. The van der Waals surface area contributed by atoms with E-state index in [0.717, 1.165) is 24.3 Å². The molecule has 0 aliphatic heterocycles. The molecule has 0 unspecified atom stereocenters. The minimum absolute atomic E-state index is 0.355. The smallest absolute Gasteiger partial charge is 0.123 e. The summed E-state index contributed by atoms with van der Waals surface area (Å²) in [5, 5.41) is 0. The summed E-state index contributed by atoms with van der Waals surface area (Å²) in [5.41, 5.74) is 6.42. The van der Waals surface area contributed by atoms with Crippen molar-refractivity contribution in [2.45, 2.75) is 45.4 Å². The molecule has 0 heterocycles. The summed E-state index contributed by atoms with van der Waals surface area (Å²) >= 11 is 4.99. The Bertz CT molecular complexity index is 421. The van der Waals surface area contributed by atoms with Gasteiger partial charge in [0.1, 0.15) is 16.5 Å². The van der Waals surface area contributed by atoms with E-state index in [-0.39, 0.29) is 0 Å². The van der Waals surface area contributed by atoms with Crippen LogP contribution < -0.4 is 15.2 Å². The van der Waals surface area contributed by atoms with E-state index in [0.29, 0.717) is 10.7 Å². The van der Waals surface area contributed by atoms with Crippen LogP contribution in [0.3, 0.4) is 0 Å². The van der Waals surface area contributed by atoms with E-state index in [1.165, 1.54) is 32.1 Å². The standard InChI is InChI=1S/C16H25NO2S/c1-3-4-5-6-7-8-9-19-15-11-13(16(17)20)10-14(12-15)18-2/h10-12H,3-9H2,1-2H3,(H2,17,20). The molecule has 1 aromatic rings. The lowest BCUT2D eigenvalue weighted by Gasteiger charge is -2.10. The largest absolute Gasteiger partial charge is 0.497 e. The maximum Gasteiger partial charge on any atom is 0.123 e. The summed E-state index contributed by atoms with van der Waals surface area (Å²) < 4.78 is 11.0. The Morgan fingerprint density at radius 2 is 1.70 bits per heavy atom. The molecule has 112 valence electrons. The van der Waals surface area contributed by atoms with Crippen LogP contribution in [0.15, 0.2) is 18.2 Å². The number of nitrogens with two attached hydrogens (primary N) is 1. The summed E-state index contributed by atoms with van der Waals surface area (Å²) in [6, 6.07) is 5.54. The summed E-state index contributed by atoms with van der Waals surface area (Å²) in [6.45, 7) is 2.95. The average Bonchev–Trinajstić information content (AvgIpc) is 2.46. The fourth-order valence-electron chi connectivity index (χ4n) is 1.99. The van der Waals surface area contributed by atoms with Gasteiger partial charge in [0.2, 0.25) is 0 Å². The summed E-state index contributed by atoms with van der Waals surface area (Å²) in [7, 11) is 1.62. The van der Waals surface area contributed by atoms with Crippen LogP contribution in [0.2, 0.25) is 0 Å². The highest BCUT2D eigenvalue weighted by Crippen LogP contribution is 2.23. The molecule has 20 heavy (non-hydrogen) atoms. The van der Waals surface area contributed by atoms with Gasteiger partial charge in [0.25, 0.3) is 0 Å². The zero-order valence-electron chi connectivity index (χ0n) is 12.5. The zero-order chi connectivity index (χ0) is 14.8. The van der Waals surface area contributed by atoms with Crippen LogP contribution in [0.4, 0.5) is 0 Å². The molecule has 0 atom stereocenters. The number of ether oxygens (including phenoxy) is 2. The second-order valence-corrected chi connectivity index (χ2v) is 5.32. The Balaban J connectivity index is 2.39. The number of unbranched alkanes of at least 4 members (excludes halogenated alkanes) is 5. The van der Waals surface area contributed by atoms with Gasteiger partial charge in [-0.2, -0.15) is 0 Å². The van der Waals surface area contributed by atoms with E-state index < -0.39 is 0 Å². The van der Waals surface area contributed by atoms with Crippen LogP contribution in [-0.4, -0.2) is 18.7 Å². The van der Waals surface area contributed by atoms with Gasteiger partial charge in [-0.3, -0.25) is 0 Å². The van der Waals surface area contributed by atoms with E-state index >= 15 is 0 Å². The monoisotopic (exact) mass is 295 g/mol. The highest BCUT2D eigenvalue weighted by molar-refractivity contribution is 7.80. The Morgan fingerprint density at radius 1 is 1.05 bits per heavy atom. The summed E-state index contributed by atoms with van der Waals surface area (Å²) in [4.78, 5) is 0.355. The predicted molar refractivity (Wildman–Crippen MR) is 87.8 cm³/mol. The fourth-order valence-corrected chi connectivity index (χ4v) is 2.11. The Kier molecular flexibility index (Phi) is 8.04. The third kappa shape index (κ3) is 6.24. The average molecular weight is 295 g/mol. The van der Waals surface area contributed by atoms with Gasteiger partial charge in [-0.1, -0.05) is 51.2 Å². The molecule has 0 radical (unpaired) electrons. The Hall–Kier alpha value is -1.29. The molecular formula is C16H25NO2S. The van der Waals surface area contributed by atoms with Crippen molar-refractivity contribution in [1.29, 1.82) is 0 Å². The molecule has 1 aromatic carbocycles. The first-order chi connectivity index (χ1) is 9.67. The number of thiocarbonyl (C=S) groups is 1. The third-order valence-electron chi connectivity index (χ3n) is 3.17. The van der Waals surface area contributed by atoms with Crippen LogP contribution in [0, 0.1) is 0 Å². The topological polar surface area (TPSA) is 44.5 Å². The van der Waals surface area contributed by atoms with E-state index in [1.54, 1.807) is 7.11 Å². The molecule has 0 amide bonds. The van der Waals surface area contributed by atoms with Gasteiger partial charge in [0.05, 0.1) is 13.7 Å². The number of hydrogen-bond donors (Lipinski definition) is 1. The van der Waals surface area contributed by atoms with Crippen molar-refractivity contribution in [2.75, 3.05) is 13.7 Å². The minimum Gasteiger partial charge on any atom is -0.497 e. The molecule has 0 bridgehead atoms. The van der Waals surface area contributed by atoms with Crippen molar-refractivity contribution in [3.63, 3.8) is 0 Å². The molecule has 0 aliphatic carbocycles. The highest BCUT2D eigenvalue weighted by atomic mass is 32.1.